The van der Waals surface area contributed by atoms with Crippen LogP contribution in [0.5, 0.6) is 0 Å². The largest absolute Gasteiger partial charge is 0.462 e. The van der Waals surface area contributed by atoms with Crippen LogP contribution >= 0.6 is 0 Å². The van der Waals surface area contributed by atoms with Crippen molar-refractivity contribution in [2.45, 2.75) is 297 Å². The molecule has 0 aromatic rings. The monoisotopic (exact) mass is 1070 g/mol. The van der Waals surface area contributed by atoms with Gasteiger partial charge in [-0.05, 0) is 109 Å². The molecule has 0 aliphatic heterocycles. The third kappa shape index (κ3) is 62.5. The lowest BCUT2D eigenvalue weighted by molar-refractivity contribution is -0.167. The molecule has 0 aromatic carbocycles. The zero-order chi connectivity index (χ0) is 55.7. The lowest BCUT2D eigenvalue weighted by Crippen LogP contribution is -2.30. The molecule has 0 aromatic heterocycles. The standard InChI is InChI=1S/C71H118O6/c1-4-7-10-13-16-19-22-25-28-30-32-33-34-35-36-37-38-39-40-42-43-46-49-52-55-58-61-64-70(73)76-67-68(66-75-69(72)63-60-57-54-51-48-45-27-24-21-18-15-12-9-6-3)77-71(74)65-62-59-56-53-50-47-44-41-31-29-26-23-20-17-14-11-8-5-2/h7,10,15-16,18-19,24-25,27-28,32-33,35-36,38-39,42-43,49,52,68H,4-6,8-9,11-14,17,20-23,26,29-31,34,37,40-41,44-48,50-51,53-67H2,1-3H3/b10-7-,18-15-,19-16-,27-24-,28-25-,33-32-,36-35-,39-38-,43-42-,52-49-. The predicted molar refractivity (Wildman–Crippen MR) is 334 cm³/mol. The third-order valence-corrected chi connectivity index (χ3v) is 13.5. The van der Waals surface area contributed by atoms with Gasteiger partial charge in [0.05, 0.1) is 0 Å². The van der Waals surface area contributed by atoms with E-state index >= 15 is 0 Å². The van der Waals surface area contributed by atoms with Gasteiger partial charge < -0.3 is 14.2 Å². The smallest absolute Gasteiger partial charge is 0.306 e. The van der Waals surface area contributed by atoms with Crippen molar-refractivity contribution < 1.29 is 28.6 Å². The van der Waals surface area contributed by atoms with Crippen LogP contribution < -0.4 is 0 Å². The van der Waals surface area contributed by atoms with Gasteiger partial charge >= 0.3 is 17.9 Å². The Morgan fingerprint density at radius 1 is 0.273 bits per heavy atom. The Hall–Kier alpha value is -4.19. The summed E-state index contributed by atoms with van der Waals surface area (Å²) in [5, 5.41) is 0. The molecule has 0 fully saturated rings. The first-order chi connectivity index (χ1) is 38.0. The molecule has 6 heteroatoms. The number of rotatable bonds is 57. The first-order valence-electron chi connectivity index (χ1n) is 32.0. The summed E-state index contributed by atoms with van der Waals surface area (Å²) in [6.07, 6.45) is 89.2. The van der Waals surface area contributed by atoms with E-state index in [0.717, 1.165) is 128 Å². The van der Waals surface area contributed by atoms with E-state index in [0.29, 0.717) is 25.7 Å². The molecule has 438 valence electrons. The molecule has 1 unspecified atom stereocenters. The van der Waals surface area contributed by atoms with Gasteiger partial charge in [-0.2, -0.15) is 0 Å². The molecule has 0 saturated carbocycles. The van der Waals surface area contributed by atoms with Gasteiger partial charge in [0, 0.05) is 19.3 Å². The molecule has 0 radical (unpaired) electrons. The molecule has 77 heavy (non-hydrogen) atoms. The Morgan fingerprint density at radius 3 is 0.857 bits per heavy atom. The van der Waals surface area contributed by atoms with E-state index in [1.54, 1.807) is 0 Å². The summed E-state index contributed by atoms with van der Waals surface area (Å²) < 4.78 is 16.9. The first-order valence-corrected chi connectivity index (χ1v) is 32.0. The fourth-order valence-electron chi connectivity index (χ4n) is 8.65. The van der Waals surface area contributed by atoms with Crippen LogP contribution in [0.3, 0.4) is 0 Å². The van der Waals surface area contributed by atoms with Gasteiger partial charge in [-0.25, -0.2) is 0 Å². The summed E-state index contributed by atoms with van der Waals surface area (Å²) in [4.78, 5) is 38.3. The maximum absolute atomic E-state index is 12.9. The lowest BCUT2D eigenvalue weighted by atomic mass is 10.0. The summed E-state index contributed by atoms with van der Waals surface area (Å²) >= 11 is 0. The third-order valence-electron chi connectivity index (χ3n) is 13.5. The van der Waals surface area contributed by atoms with Gasteiger partial charge in [0.15, 0.2) is 6.10 Å². The summed E-state index contributed by atoms with van der Waals surface area (Å²) in [7, 11) is 0. The van der Waals surface area contributed by atoms with E-state index in [1.807, 2.05) is 0 Å². The molecule has 0 N–H and O–H groups in total. The van der Waals surface area contributed by atoms with Crippen LogP contribution in [0.15, 0.2) is 122 Å². The average molecular weight is 1070 g/mol. The molecule has 0 amide bonds. The van der Waals surface area contributed by atoms with Crippen molar-refractivity contribution in [1.82, 2.24) is 0 Å². The highest BCUT2D eigenvalue weighted by Gasteiger charge is 2.19. The molecule has 0 aliphatic carbocycles. The minimum atomic E-state index is -0.804. The van der Waals surface area contributed by atoms with Crippen LogP contribution in [0.1, 0.15) is 290 Å². The second-order valence-corrected chi connectivity index (χ2v) is 20.9. The topological polar surface area (TPSA) is 78.9 Å². The van der Waals surface area contributed by atoms with Gasteiger partial charge in [-0.1, -0.05) is 284 Å². The van der Waals surface area contributed by atoms with Crippen LogP contribution in [0, 0.1) is 0 Å². The Bertz CT molecular complexity index is 1600. The molecular weight excluding hydrogens is 949 g/mol. The highest BCUT2D eigenvalue weighted by molar-refractivity contribution is 5.71. The van der Waals surface area contributed by atoms with Crippen LogP contribution in [0.4, 0.5) is 0 Å². The molecule has 0 aliphatic rings. The maximum Gasteiger partial charge on any atom is 0.306 e. The van der Waals surface area contributed by atoms with Crippen molar-refractivity contribution in [3.05, 3.63) is 122 Å². The Kier molecular flexibility index (Phi) is 60.8. The summed E-state index contributed by atoms with van der Waals surface area (Å²) in [6.45, 7) is 6.46. The molecule has 0 heterocycles. The zero-order valence-corrected chi connectivity index (χ0v) is 50.2. The quantitative estimate of drug-likeness (QED) is 0.0261. The average Bonchev–Trinajstić information content (AvgIpc) is 3.43. The first kappa shape index (κ1) is 72.8. The molecule has 0 spiro atoms. The van der Waals surface area contributed by atoms with E-state index in [9.17, 15) is 14.4 Å². The summed E-state index contributed by atoms with van der Waals surface area (Å²) in [6, 6.07) is 0. The van der Waals surface area contributed by atoms with Gasteiger partial charge in [0.2, 0.25) is 0 Å². The Morgan fingerprint density at radius 2 is 0.519 bits per heavy atom. The van der Waals surface area contributed by atoms with Crippen molar-refractivity contribution >= 4 is 17.9 Å². The van der Waals surface area contributed by atoms with E-state index in [2.05, 4.69) is 142 Å². The minimum absolute atomic E-state index is 0.0995. The number of allylic oxidation sites excluding steroid dienone is 20. The fourth-order valence-corrected chi connectivity index (χ4v) is 8.65. The highest BCUT2D eigenvalue weighted by atomic mass is 16.6. The minimum Gasteiger partial charge on any atom is -0.462 e. The predicted octanol–water partition coefficient (Wildman–Crippen LogP) is 22.0. The van der Waals surface area contributed by atoms with E-state index in [4.69, 9.17) is 14.2 Å². The molecule has 6 nitrogen and oxygen atoms in total. The van der Waals surface area contributed by atoms with Crippen molar-refractivity contribution in [3.8, 4) is 0 Å². The number of carbonyl (C=O) groups is 3. The van der Waals surface area contributed by atoms with Crippen molar-refractivity contribution in [3.63, 3.8) is 0 Å². The van der Waals surface area contributed by atoms with Crippen molar-refractivity contribution in [2.24, 2.45) is 0 Å². The van der Waals surface area contributed by atoms with Crippen LogP contribution in [0.25, 0.3) is 0 Å². The number of ether oxygens (including phenoxy) is 3. The summed E-state index contributed by atoms with van der Waals surface area (Å²) in [5.41, 5.74) is 0. The molecular formula is C71H118O6. The van der Waals surface area contributed by atoms with Gasteiger partial charge in [0.1, 0.15) is 13.2 Å². The second kappa shape index (κ2) is 64.3. The number of esters is 3. The van der Waals surface area contributed by atoms with Gasteiger partial charge in [0.25, 0.3) is 0 Å². The Labute approximate surface area is 475 Å². The van der Waals surface area contributed by atoms with E-state index < -0.39 is 6.10 Å². The molecule has 1 atom stereocenters. The van der Waals surface area contributed by atoms with Crippen molar-refractivity contribution in [1.29, 1.82) is 0 Å². The van der Waals surface area contributed by atoms with E-state index in [1.165, 1.54) is 116 Å². The zero-order valence-electron chi connectivity index (χ0n) is 50.2. The van der Waals surface area contributed by atoms with Crippen LogP contribution in [0.2, 0.25) is 0 Å². The Balaban J connectivity index is 4.44. The van der Waals surface area contributed by atoms with Gasteiger partial charge in [-0.3, -0.25) is 14.4 Å². The van der Waals surface area contributed by atoms with Crippen molar-refractivity contribution in [2.75, 3.05) is 13.2 Å². The number of carbonyl (C=O) groups excluding carboxylic acids is 3. The number of unbranched alkanes of at least 4 members (excludes halogenated alkanes) is 26. The molecule has 0 rings (SSSR count). The molecule has 0 bridgehead atoms. The van der Waals surface area contributed by atoms with Crippen LogP contribution in [-0.4, -0.2) is 37.2 Å². The second-order valence-electron chi connectivity index (χ2n) is 20.9. The summed E-state index contributed by atoms with van der Waals surface area (Å²) in [5.74, 6) is -0.951. The van der Waals surface area contributed by atoms with E-state index in [-0.39, 0.29) is 31.1 Å². The molecule has 0 saturated heterocycles. The lowest BCUT2D eigenvalue weighted by Gasteiger charge is -2.18. The number of hydrogen-bond acceptors (Lipinski definition) is 6. The number of hydrogen-bond donors (Lipinski definition) is 0. The fraction of sp³-hybridized carbons (Fsp3) is 0.676. The normalized spacial score (nSPS) is 12.9. The highest BCUT2D eigenvalue weighted by Crippen LogP contribution is 2.16. The van der Waals surface area contributed by atoms with Crippen LogP contribution in [-0.2, 0) is 28.6 Å². The maximum atomic E-state index is 12.9. The SMILES string of the molecule is CC/C=C\C/C=C\C/C=C\C/C=C\C/C=C\C/C=C\C/C=C\C/C=C\CCCCC(=O)OCC(COC(=O)CCCCCCC/C=C\C/C=C\CCCC)OC(=O)CCCCCCCCCCCCCCCCCCCC. The van der Waals surface area contributed by atoms with Gasteiger partial charge in [-0.15, -0.1) is 0 Å².